The lowest BCUT2D eigenvalue weighted by molar-refractivity contribution is 0.973. The maximum absolute atomic E-state index is 5.54. The first-order valence-electron chi connectivity index (χ1n) is 6.48. The zero-order valence-corrected chi connectivity index (χ0v) is 11.9. The van der Waals surface area contributed by atoms with Crippen LogP contribution in [-0.4, -0.2) is 9.97 Å². The summed E-state index contributed by atoms with van der Waals surface area (Å²) in [4.78, 5) is 9.15. The summed E-state index contributed by atoms with van der Waals surface area (Å²) in [5, 5.41) is 0. The molecule has 0 fully saturated rings. The van der Waals surface area contributed by atoms with E-state index in [1.54, 1.807) is 0 Å². The van der Waals surface area contributed by atoms with Crippen LogP contribution in [0, 0.1) is 20.8 Å². The summed E-state index contributed by atoms with van der Waals surface area (Å²) in [6.45, 7) is 8.22. The molecule has 0 bridgehead atoms. The lowest BCUT2D eigenvalue weighted by atomic mass is 10.1. The maximum Gasteiger partial charge on any atom is 0.161 e. The number of rotatable bonds is 3. The van der Waals surface area contributed by atoms with Crippen LogP contribution in [-0.2, 0) is 6.42 Å². The van der Waals surface area contributed by atoms with Gasteiger partial charge in [0.15, 0.2) is 5.82 Å². The number of nitrogens with two attached hydrogens (primary N) is 1. The Bertz CT molecular complexity index is 560. The van der Waals surface area contributed by atoms with E-state index in [9.17, 15) is 0 Å². The van der Waals surface area contributed by atoms with Crippen LogP contribution in [0.5, 0.6) is 0 Å². The van der Waals surface area contributed by atoms with Crippen LogP contribution >= 0.6 is 0 Å². The number of aryl methyl sites for hydroxylation is 3. The number of nitrogen functional groups attached to an aromatic ring is 1. The lowest BCUT2D eigenvalue weighted by Gasteiger charge is -2.11. The second-order valence-corrected chi connectivity index (χ2v) is 4.84. The van der Waals surface area contributed by atoms with E-state index in [0.717, 1.165) is 29.1 Å². The van der Waals surface area contributed by atoms with Crippen molar-refractivity contribution < 1.29 is 0 Å². The van der Waals surface area contributed by atoms with E-state index in [0.29, 0.717) is 5.82 Å². The number of hydrogen-bond donors (Lipinski definition) is 2. The highest BCUT2D eigenvalue weighted by Crippen LogP contribution is 2.23. The molecular formula is C15H20N4. The minimum Gasteiger partial charge on any atom is -0.308 e. The van der Waals surface area contributed by atoms with Gasteiger partial charge in [0.05, 0.1) is 0 Å². The zero-order valence-electron chi connectivity index (χ0n) is 11.9. The van der Waals surface area contributed by atoms with Gasteiger partial charge in [0.25, 0.3) is 0 Å². The topological polar surface area (TPSA) is 63.8 Å². The molecule has 2 rings (SSSR count). The van der Waals surface area contributed by atoms with Crippen LogP contribution in [0.2, 0.25) is 0 Å². The smallest absolute Gasteiger partial charge is 0.161 e. The molecule has 1 aromatic heterocycles. The van der Waals surface area contributed by atoms with Crippen LogP contribution in [0.25, 0.3) is 11.4 Å². The van der Waals surface area contributed by atoms with E-state index in [1.165, 1.54) is 11.1 Å². The predicted octanol–water partition coefficient (Wildman–Crippen LogP) is 2.92. The second kappa shape index (κ2) is 5.36. The number of aromatic nitrogens is 2. The Hall–Kier alpha value is -1.94. The molecule has 0 saturated carbocycles. The van der Waals surface area contributed by atoms with Crippen LogP contribution in [0.1, 0.15) is 29.3 Å². The first kappa shape index (κ1) is 13.5. The lowest BCUT2D eigenvalue weighted by Crippen LogP contribution is -2.13. The van der Waals surface area contributed by atoms with Crippen molar-refractivity contribution in [3.8, 4) is 11.4 Å². The average Bonchev–Trinajstić information content (AvgIpc) is 2.37. The van der Waals surface area contributed by atoms with Gasteiger partial charge in [0.1, 0.15) is 5.82 Å². The summed E-state index contributed by atoms with van der Waals surface area (Å²) < 4.78 is 0. The predicted molar refractivity (Wildman–Crippen MR) is 78.9 cm³/mol. The average molecular weight is 256 g/mol. The Balaban J connectivity index is 2.61. The van der Waals surface area contributed by atoms with E-state index >= 15 is 0 Å². The van der Waals surface area contributed by atoms with Crippen LogP contribution in [0.3, 0.4) is 0 Å². The number of hydrazine groups is 1. The van der Waals surface area contributed by atoms with Gasteiger partial charge in [-0.3, -0.25) is 0 Å². The third-order valence-electron chi connectivity index (χ3n) is 3.20. The van der Waals surface area contributed by atoms with Gasteiger partial charge in [0, 0.05) is 16.8 Å². The fraction of sp³-hybridized carbons (Fsp3) is 0.333. The molecule has 0 unspecified atom stereocenters. The number of nitrogens with zero attached hydrogens (tertiary/aromatic N) is 2. The van der Waals surface area contributed by atoms with E-state index in [-0.39, 0.29) is 0 Å². The fourth-order valence-corrected chi connectivity index (χ4v) is 2.28. The maximum atomic E-state index is 5.54. The summed E-state index contributed by atoms with van der Waals surface area (Å²) in [5.74, 6) is 6.96. The molecule has 19 heavy (non-hydrogen) atoms. The molecule has 0 amide bonds. The molecule has 0 aliphatic heterocycles. The summed E-state index contributed by atoms with van der Waals surface area (Å²) >= 11 is 0. The highest BCUT2D eigenvalue weighted by atomic mass is 15.3. The molecule has 0 atom stereocenters. The van der Waals surface area contributed by atoms with Gasteiger partial charge in [0.2, 0.25) is 0 Å². The summed E-state index contributed by atoms with van der Waals surface area (Å²) in [6.07, 6.45) is 0.862. The summed E-state index contributed by atoms with van der Waals surface area (Å²) in [5.41, 5.74) is 8.14. The van der Waals surface area contributed by atoms with Crippen LogP contribution in [0.15, 0.2) is 18.2 Å². The normalized spacial score (nSPS) is 10.6. The summed E-state index contributed by atoms with van der Waals surface area (Å²) in [7, 11) is 0. The molecular weight excluding hydrogens is 236 g/mol. The van der Waals surface area contributed by atoms with E-state index < -0.39 is 0 Å². The van der Waals surface area contributed by atoms with E-state index in [2.05, 4.69) is 54.4 Å². The molecule has 1 heterocycles. The van der Waals surface area contributed by atoms with Crippen molar-refractivity contribution in [2.75, 3.05) is 5.43 Å². The molecule has 4 nitrogen and oxygen atoms in total. The number of anilines is 1. The van der Waals surface area contributed by atoms with Crippen molar-refractivity contribution in [2.45, 2.75) is 34.1 Å². The van der Waals surface area contributed by atoms with Crippen molar-refractivity contribution >= 4 is 5.82 Å². The second-order valence-electron chi connectivity index (χ2n) is 4.84. The zero-order chi connectivity index (χ0) is 14.0. The van der Waals surface area contributed by atoms with Crippen molar-refractivity contribution in [2.24, 2.45) is 5.84 Å². The quantitative estimate of drug-likeness (QED) is 0.654. The van der Waals surface area contributed by atoms with Crippen molar-refractivity contribution in [3.05, 3.63) is 40.6 Å². The third-order valence-corrected chi connectivity index (χ3v) is 3.20. The van der Waals surface area contributed by atoms with E-state index in [1.807, 2.05) is 6.92 Å². The fourth-order valence-electron chi connectivity index (χ4n) is 2.28. The van der Waals surface area contributed by atoms with E-state index in [4.69, 9.17) is 5.84 Å². The molecule has 0 spiro atoms. The minimum absolute atomic E-state index is 0.695. The van der Waals surface area contributed by atoms with Crippen LogP contribution in [0.4, 0.5) is 5.82 Å². The van der Waals surface area contributed by atoms with Crippen molar-refractivity contribution in [1.82, 2.24) is 9.97 Å². The minimum atomic E-state index is 0.695. The molecule has 2 aromatic rings. The largest absolute Gasteiger partial charge is 0.308 e. The van der Waals surface area contributed by atoms with Gasteiger partial charge in [-0.05, 0) is 39.3 Å². The van der Waals surface area contributed by atoms with Crippen LogP contribution < -0.4 is 11.3 Å². The van der Waals surface area contributed by atoms with Gasteiger partial charge in [-0.2, -0.15) is 0 Å². The number of hydrogen-bond acceptors (Lipinski definition) is 4. The standard InChI is InChI=1S/C15H20N4/c1-5-13-11(4)14(19-16)18-15(17-13)12-7-9(2)6-10(3)8-12/h6-8H,5,16H2,1-4H3,(H,17,18,19). The molecule has 1 aromatic carbocycles. The Kier molecular flexibility index (Phi) is 3.81. The Morgan fingerprint density at radius 3 is 2.21 bits per heavy atom. The molecule has 3 N–H and O–H groups in total. The molecule has 0 saturated heterocycles. The number of nitrogens with one attached hydrogen (secondary N) is 1. The third kappa shape index (κ3) is 2.74. The highest BCUT2D eigenvalue weighted by Gasteiger charge is 2.11. The summed E-state index contributed by atoms with van der Waals surface area (Å²) in [6, 6.07) is 6.33. The first-order valence-corrected chi connectivity index (χ1v) is 6.48. The van der Waals surface area contributed by atoms with Gasteiger partial charge in [-0.15, -0.1) is 0 Å². The van der Waals surface area contributed by atoms with Gasteiger partial charge < -0.3 is 5.43 Å². The first-order chi connectivity index (χ1) is 9.05. The highest BCUT2D eigenvalue weighted by molar-refractivity contribution is 5.61. The Labute approximate surface area is 114 Å². The molecule has 4 heteroatoms. The van der Waals surface area contributed by atoms with Gasteiger partial charge >= 0.3 is 0 Å². The SMILES string of the molecule is CCc1nc(-c2cc(C)cc(C)c2)nc(NN)c1C. The molecule has 0 aliphatic carbocycles. The molecule has 0 aliphatic rings. The van der Waals surface area contributed by atoms with Crippen molar-refractivity contribution in [3.63, 3.8) is 0 Å². The Morgan fingerprint density at radius 2 is 1.68 bits per heavy atom. The molecule has 0 radical (unpaired) electrons. The van der Waals surface area contributed by atoms with Crippen molar-refractivity contribution in [1.29, 1.82) is 0 Å². The Morgan fingerprint density at radius 1 is 1.05 bits per heavy atom. The monoisotopic (exact) mass is 256 g/mol. The number of benzene rings is 1. The van der Waals surface area contributed by atoms with Gasteiger partial charge in [-0.1, -0.05) is 24.1 Å². The van der Waals surface area contributed by atoms with Gasteiger partial charge in [-0.25, -0.2) is 15.8 Å². The molecule has 100 valence electrons.